The van der Waals surface area contributed by atoms with Gasteiger partial charge < -0.3 is 4.42 Å². The quantitative estimate of drug-likeness (QED) is 0.796. The zero-order valence-electron chi connectivity index (χ0n) is 8.40. The third kappa shape index (κ3) is 2.76. The lowest BCUT2D eigenvalue weighted by Crippen LogP contribution is -2.06. The number of nitrogens with zero attached hydrogens (tertiary/aromatic N) is 1. The fourth-order valence-electron chi connectivity index (χ4n) is 1.37. The van der Waals surface area contributed by atoms with E-state index in [0.717, 1.165) is 16.3 Å². The molecule has 78 valence electrons. The molecule has 0 N–H and O–H groups in total. The number of hydrogen-bond acceptors (Lipinski definition) is 4. The summed E-state index contributed by atoms with van der Waals surface area (Å²) in [5.41, 5.74) is 1.79. The minimum Gasteiger partial charge on any atom is -0.472 e. The Labute approximate surface area is 91.8 Å². The zero-order valence-corrected chi connectivity index (χ0v) is 9.21. The molecular weight excluding hydrogens is 210 g/mol. The summed E-state index contributed by atoms with van der Waals surface area (Å²) in [6.07, 6.45) is 4.02. The number of Topliss-reactive ketones (excluding diaryl/α,β-unsaturated/α-hetero) is 1. The third-order valence-corrected chi connectivity index (χ3v) is 2.85. The first kappa shape index (κ1) is 10.1. The first-order valence-electron chi connectivity index (χ1n) is 4.68. The highest BCUT2D eigenvalue weighted by Gasteiger charge is 2.08. The first-order chi connectivity index (χ1) is 7.24. The molecule has 2 aromatic heterocycles. The summed E-state index contributed by atoms with van der Waals surface area (Å²) in [7, 11) is 0. The second-order valence-corrected chi connectivity index (χ2v) is 4.44. The maximum absolute atomic E-state index is 11.6. The van der Waals surface area contributed by atoms with Gasteiger partial charge in [0, 0.05) is 18.2 Å². The SMILES string of the molecule is Cc1nc(CC(=O)Cc2ccoc2)cs1. The Hall–Kier alpha value is -1.42. The minimum atomic E-state index is 0.168. The molecule has 0 aliphatic heterocycles. The molecule has 0 unspecified atom stereocenters. The summed E-state index contributed by atoms with van der Waals surface area (Å²) in [6.45, 7) is 1.94. The lowest BCUT2D eigenvalue weighted by atomic mass is 10.1. The number of rotatable bonds is 4. The monoisotopic (exact) mass is 221 g/mol. The maximum atomic E-state index is 11.6. The number of hydrogen-bond donors (Lipinski definition) is 0. The molecule has 0 aliphatic carbocycles. The Bertz CT molecular complexity index is 445. The van der Waals surface area contributed by atoms with Crippen molar-refractivity contribution in [3.05, 3.63) is 40.2 Å². The Morgan fingerprint density at radius 1 is 1.53 bits per heavy atom. The van der Waals surface area contributed by atoms with E-state index in [1.165, 1.54) is 0 Å². The Morgan fingerprint density at radius 2 is 2.40 bits per heavy atom. The summed E-state index contributed by atoms with van der Waals surface area (Å²) in [5.74, 6) is 0.168. The van der Waals surface area contributed by atoms with Crippen molar-refractivity contribution in [2.45, 2.75) is 19.8 Å². The van der Waals surface area contributed by atoms with Crippen molar-refractivity contribution >= 4 is 17.1 Å². The molecule has 2 rings (SSSR count). The summed E-state index contributed by atoms with van der Waals surface area (Å²) in [5, 5.41) is 2.93. The number of aromatic nitrogens is 1. The first-order valence-corrected chi connectivity index (χ1v) is 5.56. The van der Waals surface area contributed by atoms with Gasteiger partial charge >= 0.3 is 0 Å². The van der Waals surface area contributed by atoms with E-state index >= 15 is 0 Å². The van der Waals surface area contributed by atoms with E-state index in [1.807, 2.05) is 18.4 Å². The number of carbonyl (C=O) groups is 1. The number of furan rings is 1. The summed E-state index contributed by atoms with van der Waals surface area (Å²) in [4.78, 5) is 15.9. The molecule has 3 nitrogen and oxygen atoms in total. The van der Waals surface area contributed by atoms with Crippen molar-refractivity contribution in [2.24, 2.45) is 0 Å². The van der Waals surface area contributed by atoms with Crippen LogP contribution < -0.4 is 0 Å². The van der Waals surface area contributed by atoms with Gasteiger partial charge in [0.05, 0.1) is 23.2 Å². The Kier molecular flexibility index (Phi) is 2.97. The van der Waals surface area contributed by atoms with Crippen molar-refractivity contribution in [3.8, 4) is 0 Å². The van der Waals surface area contributed by atoms with Crippen LogP contribution in [0.25, 0.3) is 0 Å². The highest BCUT2D eigenvalue weighted by molar-refractivity contribution is 7.09. The largest absolute Gasteiger partial charge is 0.472 e. The van der Waals surface area contributed by atoms with Crippen molar-refractivity contribution < 1.29 is 9.21 Å². The third-order valence-electron chi connectivity index (χ3n) is 2.03. The van der Waals surface area contributed by atoms with Gasteiger partial charge in [0.1, 0.15) is 5.78 Å². The second kappa shape index (κ2) is 4.40. The van der Waals surface area contributed by atoms with Crippen LogP contribution in [0.4, 0.5) is 0 Å². The molecule has 0 spiro atoms. The number of carbonyl (C=O) groups excluding carboxylic acids is 1. The van der Waals surface area contributed by atoms with Crippen LogP contribution in [0.15, 0.2) is 28.4 Å². The second-order valence-electron chi connectivity index (χ2n) is 3.38. The van der Waals surface area contributed by atoms with Gasteiger partial charge in [-0.25, -0.2) is 4.98 Å². The molecule has 4 heteroatoms. The van der Waals surface area contributed by atoms with Gasteiger partial charge in [-0.15, -0.1) is 11.3 Å². The highest BCUT2D eigenvalue weighted by Crippen LogP contribution is 2.10. The van der Waals surface area contributed by atoms with Crippen LogP contribution in [0.3, 0.4) is 0 Å². The van der Waals surface area contributed by atoms with Gasteiger partial charge in [0.15, 0.2) is 0 Å². The van der Waals surface area contributed by atoms with Crippen LogP contribution in [0.5, 0.6) is 0 Å². The molecule has 0 amide bonds. The molecule has 0 bridgehead atoms. The normalized spacial score (nSPS) is 10.5. The minimum absolute atomic E-state index is 0.168. The molecular formula is C11H11NO2S. The Balaban J connectivity index is 1.93. The van der Waals surface area contributed by atoms with Crippen LogP contribution in [0.1, 0.15) is 16.3 Å². The lowest BCUT2D eigenvalue weighted by molar-refractivity contribution is -0.117. The molecule has 0 saturated carbocycles. The summed E-state index contributed by atoms with van der Waals surface area (Å²) >= 11 is 1.57. The van der Waals surface area contributed by atoms with Crippen LogP contribution in [-0.2, 0) is 17.6 Å². The van der Waals surface area contributed by atoms with Gasteiger partial charge in [-0.1, -0.05) is 0 Å². The van der Waals surface area contributed by atoms with Crippen LogP contribution in [0, 0.1) is 6.92 Å². The van der Waals surface area contributed by atoms with Crippen LogP contribution >= 0.6 is 11.3 Å². The van der Waals surface area contributed by atoms with E-state index < -0.39 is 0 Å². The fourth-order valence-corrected chi connectivity index (χ4v) is 1.99. The van der Waals surface area contributed by atoms with E-state index in [2.05, 4.69) is 4.98 Å². The van der Waals surface area contributed by atoms with Gasteiger partial charge in [-0.05, 0) is 18.6 Å². The molecule has 15 heavy (non-hydrogen) atoms. The standard InChI is InChI=1S/C11H11NO2S/c1-8-12-10(7-15-8)5-11(13)4-9-2-3-14-6-9/h2-3,6-7H,4-5H2,1H3. The van der Waals surface area contributed by atoms with Crippen molar-refractivity contribution in [1.29, 1.82) is 0 Å². The van der Waals surface area contributed by atoms with Gasteiger partial charge in [0.25, 0.3) is 0 Å². The molecule has 0 saturated heterocycles. The van der Waals surface area contributed by atoms with E-state index in [9.17, 15) is 4.79 Å². The van der Waals surface area contributed by atoms with Crippen molar-refractivity contribution in [3.63, 3.8) is 0 Å². The molecule has 0 radical (unpaired) electrons. The van der Waals surface area contributed by atoms with E-state index in [-0.39, 0.29) is 5.78 Å². The van der Waals surface area contributed by atoms with Crippen molar-refractivity contribution in [2.75, 3.05) is 0 Å². The highest BCUT2D eigenvalue weighted by atomic mass is 32.1. The summed E-state index contributed by atoms with van der Waals surface area (Å²) < 4.78 is 4.90. The van der Waals surface area contributed by atoms with E-state index in [0.29, 0.717) is 12.8 Å². The number of aryl methyl sites for hydroxylation is 1. The molecule has 0 atom stereocenters. The van der Waals surface area contributed by atoms with E-state index in [1.54, 1.807) is 23.9 Å². The van der Waals surface area contributed by atoms with Gasteiger partial charge in [0.2, 0.25) is 0 Å². The predicted octanol–water partition coefficient (Wildman–Crippen LogP) is 2.40. The van der Waals surface area contributed by atoms with Gasteiger partial charge in [-0.3, -0.25) is 4.79 Å². The smallest absolute Gasteiger partial charge is 0.143 e. The fraction of sp³-hybridized carbons (Fsp3) is 0.273. The number of ketones is 1. The van der Waals surface area contributed by atoms with Crippen molar-refractivity contribution in [1.82, 2.24) is 4.98 Å². The Morgan fingerprint density at radius 3 is 3.00 bits per heavy atom. The maximum Gasteiger partial charge on any atom is 0.143 e. The molecule has 0 aliphatic rings. The number of thiazole rings is 1. The zero-order chi connectivity index (χ0) is 10.7. The molecule has 0 fully saturated rings. The average molecular weight is 221 g/mol. The van der Waals surface area contributed by atoms with Crippen LogP contribution in [0.2, 0.25) is 0 Å². The molecule has 2 aromatic rings. The topological polar surface area (TPSA) is 43.1 Å². The van der Waals surface area contributed by atoms with Crippen LogP contribution in [-0.4, -0.2) is 10.8 Å². The molecule has 0 aromatic carbocycles. The van der Waals surface area contributed by atoms with E-state index in [4.69, 9.17) is 4.42 Å². The average Bonchev–Trinajstić information content (AvgIpc) is 2.77. The van der Waals surface area contributed by atoms with Gasteiger partial charge in [-0.2, -0.15) is 0 Å². The predicted molar refractivity (Wildman–Crippen MR) is 58.0 cm³/mol. The summed E-state index contributed by atoms with van der Waals surface area (Å²) in [6, 6.07) is 1.81. The lowest BCUT2D eigenvalue weighted by Gasteiger charge is -1.95. The molecule has 2 heterocycles.